The molecule has 0 aliphatic heterocycles. The molecule has 0 saturated heterocycles. The van der Waals surface area contributed by atoms with Crippen molar-refractivity contribution in [1.29, 1.82) is 0 Å². The zero-order valence-corrected chi connectivity index (χ0v) is 14.8. The van der Waals surface area contributed by atoms with Crippen LogP contribution in [0.4, 0.5) is 5.69 Å². The normalized spacial score (nSPS) is 9.96. The molecule has 2 rings (SSSR count). The Bertz CT molecular complexity index is 791. The molecule has 0 aromatic heterocycles. The summed E-state index contributed by atoms with van der Waals surface area (Å²) < 4.78 is 4.62. The number of hydrogen-bond acceptors (Lipinski definition) is 4. The summed E-state index contributed by atoms with van der Waals surface area (Å²) in [5.74, 6) is -0.995. The fourth-order valence-corrected chi connectivity index (χ4v) is 2.61. The summed E-state index contributed by atoms with van der Waals surface area (Å²) in [6.07, 6.45) is 0. The first-order valence-electron chi connectivity index (χ1n) is 6.66. The lowest BCUT2D eigenvalue weighted by Gasteiger charge is -2.10. The maximum Gasteiger partial charge on any atom is 0.337 e. The Morgan fingerprint density at radius 2 is 1.67 bits per heavy atom. The Hall–Kier alpha value is -2.15. The highest BCUT2D eigenvalue weighted by molar-refractivity contribution is 7.80. The first-order valence-corrected chi connectivity index (χ1v) is 7.82. The maximum absolute atomic E-state index is 12.2. The van der Waals surface area contributed by atoms with E-state index in [1.807, 2.05) is 0 Å². The average Bonchev–Trinajstić information content (AvgIpc) is 2.53. The van der Waals surface area contributed by atoms with Crippen LogP contribution < -0.4 is 10.6 Å². The molecule has 2 N–H and O–H groups in total. The lowest BCUT2D eigenvalue weighted by Crippen LogP contribution is -2.34. The van der Waals surface area contributed by atoms with Crippen molar-refractivity contribution < 1.29 is 14.3 Å². The van der Waals surface area contributed by atoms with E-state index in [4.69, 9.17) is 35.4 Å². The van der Waals surface area contributed by atoms with Gasteiger partial charge in [-0.3, -0.25) is 10.1 Å². The standard InChI is InChI=1S/C16H12Cl2N2O3S/c1-23-15(22)10-4-2-3-9(5-10)14(21)20-16(24)19-13-7-11(17)6-12(18)8-13/h2-8H,1H3,(H2,19,20,21,24). The first kappa shape index (κ1) is 18.2. The predicted octanol–water partition coefficient (Wildman–Crippen LogP) is 3.91. The molecule has 0 aliphatic carbocycles. The summed E-state index contributed by atoms with van der Waals surface area (Å²) in [6, 6.07) is 10.9. The third-order valence-corrected chi connectivity index (χ3v) is 3.53. The zero-order chi connectivity index (χ0) is 17.7. The van der Waals surface area contributed by atoms with Crippen LogP contribution in [0.15, 0.2) is 42.5 Å². The maximum atomic E-state index is 12.2. The molecule has 0 radical (unpaired) electrons. The highest BCUT2D eigenvalue weighted by Gasteiger charge is 2.12. The molecule has 24 heavy (non-hydrogen) atoms. The Balaban J connectivity index is 2.06. The van der Waals surface area contributed by atoms with Crippen LogP contribution in [0.1, 0.15) is 20.7 Å². The van der Waals surface area contributed by atoms with Crippen molar-refractivity contribution in [2.45, 2.75) is 0 Å². The van der Waals surface area contributed by atoms with Gasteiger partial charge in [0.15, 0.2) is 5.11 Å². The molecule has 5 nitrogen and oxygen atoms in total. The SMILES string of the molecule is COC(=O)c1cccc(C(=O)NC(=S)Nc2cc(Cl)cc(Cl)c2)c1. The van der Waals surface area contributed by atoms with E-state index in [0.717, 1.165) is 0 Å². The summed E-state index contributed by atoms with van der Waals surface area (Å²) in [6.45, 7) is 0. The monoisotopic (exact) mass is 382 g/mol. The number of nitrogens with one attached hydrogen (secondary N) is 2. The van der Waals surface area contributed by atoms with Crippen molar-refractivity contribution >= 4 is 58.1 Å². The Morgan fingerprint density at radius 1 is 1.04 bits per heavy atom. The van der Waals surface area contributed by atoms with Crippen LogP contribution in [0.5, 0.6) is 0 Å². The van der Waals surface area contributed by atoms with Crippen molar-refractivity contribution in [1.82, 2.24) is 5.32 Å². The van der Waals surface area contributed by atoms with Gasteiger partial charge < -0.3 is 10.1 Å². The molecule has 2 aromatic rings. The molecule has 124 valence electrons. The van der Waals surface area contributed by atoms with Crippen molar-refractivity contribution in [2.24, 2.45) is 0 Å². The van der Waals surface area contributed by atoms with Crippen LogP contribution in [0.3, 0.4) is 0 Å². The van der Waals surface area contributed by atoms with Crippen LogP contribution in [-0.2, 0) is 4.74 Å². The molecule has 0 spiro atoms. The summed E-state index contributed by atoms with van der Waals surface area (Å²) in [5.41, 5.74) is 1.08. The molecular weight excluding hydrogens is 371 g/mol. The van der Waals surface area contributed by atoms with Crippen LogP contribution in [0.2, 0.25) is 10.0 Å². The van der Waals surface area contributed by atoms with Gasteiger partial charge in [-0.25, -0.2) is 4.79 Å². The number of carbonyl (C=O) groups excluding carboxylic acids is 2. The average molecular weight is 383 g/mol. The van der Waals surface area contributed by atoms with Gasteiger partial charge >= 0.3 is 5.97 Å². The highest BCUT2D eigenvalue weighted by Crippen LogP contribution is 2.22. The minimum Gasteiger partial charge on any atom is -0.465 e. The number of halogens is 2. The molecule has 0 fully saturated rings. The van der Waals surface area contributed by atoms with Crippen molar-refractivity contribution in [3.05, 3.63) is 63.6 Å². The molecule has 0 heterocycles. The summed E-state index contributed by atoms with van der Waals surface area (Å²) in [4.78, 5) is 23.7. The fraction of sp³-hybridized carbons (Fsp3) is 0.0625. The molecule has 0 bridgehead atoms. The number of anilines is 1. The third-order valence-electron chi connectivity index (χ3n) is 2.89. The van der Waals surface area contributed by atoms with Gasteiger partial charge in [-0.15, -0.1) is 0 Å². The van der Waals surface area contributed by atoms with E-state index in [9.17, 15) is 9.59 Å². The van der Waals surface area contributed by atoms with Crippen molar-refractivity contribution in [3.8, 4) is 0 Å². The number of rotatable bonds is 3. The fourth-order valence-electron chi connectivity index (χ4n) is 1.87. The third kappa shape index (κ3) is 4.92. The van der Waals surface area contributed by atoms with Gasteiger partial charge in [0.25, 0.3) is 5.91 Å². The molecule has 8 heteroatoms. The summed E-state index contributed by atoms with van der Waals surface area (Å²) >= 11 is 16.9. The van der Waals surface area contributed by atoms with E-state index in [1.165, 1.54) is 13.2 Å². The smallest absolute Gasteiger partial charge is 0.337 e. The molecule has 2 aromatic carbocycles. The van der Waals surface area contributed by atoms with Gasteiger partial charge in [0.05, 0.1) is 12.7 Å². The number of amides is 1. The van der Waals surface area contributed by atoms with E-state index in [2.05, 4.69) is 15.4 Å². The molecule has 0 unspecified atom stereocenters. The second kappa shape index (κ2) is 8.10. The highest BCUT2D eigenvalue weighted by atomic mass is 35.5. The van der Waals surface area contributed by atoms with Gasteiger partial charge in [-0.1, -0.05) is 29.3 Å². The lowest BCUT2D eigenvalue weighted by molar-refractivity contribution is 0.0600. The van der Waals surface area contributed by atoms with Gasteiger partial charge in [0.1, 0.15) is 0 Å². The van der Waals surface area contributed by atoms with Crippen LogP contribution >= 0.6 is 35.4 Å². The predicted molar refractivity (Wildman–Crippen MR) is 97.9 cm³/mol. The number of hydrogen-bond donors (Lipinski definition) is 2. The quantitative estimate of drug-likeness (QED) is 0.622. The van der Waals surface area contributed by atoms with Gasteiger partial charge in [0, 0.05) is 21.3 Å². The zero-order valence-electron chi connectivity index (χ0n) is 12.4. The van der Waals surface area contributed by atoms with Crippen LogP contribution in [0.25, 0.3) is 0 Å². The van der Waals surface area contributed by atoms with E-state index < -0.39 is 11.9 Å². The molecule has 0 aliphatic rings. The first-order chi connectivity index (χ1) is 11.4. The molecule has 0 saturated carbocycles. The van der Waals surface area contributed by atoms with Gasteiger partial charge in [-0.2, -0.15) is 0 Å². The largest absolute Gasteiger partial charge is 0.465 e. The van der Waals surface area contributed by atoms with Crippen LogP contribution in [-0.4, -0.2) is 24.1 Å². The van der Waals surface area contributed by atoms with Crippen molar-refractivity contribution in [3.63, 3.8) is 0 Å². The van der Waals surface area contributed by atoms with E-state index in [-0.39, 0.29) is 16.2 Å². The minimum absolute atomic E-state index is 0.0711. The number of ether oxygens (including phenoxy) is 1. The lowest BCUT2D eigenvalue weighted by atomic mass is 10.1. The van der Waals surface area contributed by atoms with E-state index >= 15 is 0 Å². The number of benzene rings is 2. The Kier molecular flexibility index (Phi) is 6.14. The minimum atomic E-state index is -0.529. The van der Waals surface area contributed by atoms with E-state index in [0.29, 0.717) is 15.7 Å². The number of thiocarbonyl (C=S) groups is 1. The summed E-state index contributed by atoms with van der Waals surface area (Å²) in [5, 5.41) is 6.26. The van der Waals surface area contributed by atoms with Crippen LogP contribution in [0, 0.1) is 0 Å². The van der Waals surface area contributed by atoms with E-state index in [1.54, 1.807) is 36.4 Å². The summed E-state index contributed by atoms with van der Waals surface area (Å²) in [7, 11) is 1.27. The topological polar surface area (TPSA) is 67.4 Å². The van der Waals surface area contributed by atoms with Gasteiger partial charge in [-0.05, 0) is 48.6 Å². The number of methoxy groups -OCH3 is 1. The number of carbonyl (C=O) groups is 2. The molecule has 0 atom stereocenters. The Morgan fingerprint density at radius 3 is 2.29 bits per heavy atom. The molecular formula is C16H12Cl2N2O3S. The number of esters is 1. The Labute approximate surface area is 153 Å². The second-order valence-corrected chi connectivity index (χ2v) is 5.92. The molecule has 1 amide bonds. The van der Waals surface area contributed by atoms with Crippen molar-refractivity contribution in [2.75, 3.05) is 12.4 Å². The second-order valence-electron chi connectivity index (χ2n) is 4.64. The van der Waals surface area contributed by atoms with Gasteiger partial charge in [0.2, 0.25) is 0 Å².